The third kappa shape index (κ3) is 4.31. The highest BCUT2D eigenvalue weighted by atomic mass is 32.2. The summed E-state index contributed by atoms with van der Waals surface area (Å²) in [4.78, 5) is 23.9. The quantitative estimate of drug-likeness (QED) is 0.503. The van der Waals surface area contributed by atoms with Gasteiger partial charge in [-0.3, -0.25) is 9.59 Å². The average molecular weight is 395 g/mol. The number of nitrogens with zero attached hydrogens (tertiary/aromatic N) is 3. The number of ketones is 1. The second kappa shape index (κ2) is 8.39. The van der Waals surface area contributed by atoms with E-state index in [1.54, 1.807) is 24.3 Å². The second-order valence-electron chi connectivity index (χ2n) is 6.56. The minimum absolute atomic E-state index is 0.00598. The van der Waals surface area contributed by atoms with Crippen molar-refractivity contribution in [1.82, 2.24) is 14.8 Å². The molecule has 144 valence electrons. The number of Topliss-reactive ketones (excluding diaryl/α,β-unsaturated/α-hetero) is 1. The van der Waals surface area contributed by atoms with E-state index in [1.807, 2.05) is 49.7 Å². The number of carbonyl (C=O) groups excluding carboxylic acids is 2. The molecule has 28 heavy (non-hydrogen) atoms. The molecule has 1 heterocycles. The maximum absolute atomic E-state index is 12.5. The molecule has 3 aromatic rings. The largest absolute Gasteiger partial charge is 0.325 e. The van der Waals surface area contributed by atoms with Gasteiger partial charge in [0, 0.05) is 23.9 Å². The van der Waals surface area contributed by atoms with Crippen molar-refractivity contribution in [3.63, 3.8) is 0 Å². The Labute approximate surface area is 168 Å². The van der Waals surface area contributed by atoms with Gasteiger partial charge < -0.3 is 9.88 Å². The Morgan fingerprint density at radius 1 is 1.07 bits per heavy atom. The van der Waals surface area contributed by atoms with Gasteiger partial charge in [0.15, 0.2) is 16.8 Å². The van der Waals surface area contributed by atoms with E-state index in [2.05, 4.69) is 15.5 Å². The average Bonchev–Trinajstić information content (AvgIpc) is 3.03. The number of nitrogens with one attached hydrogen (secondary N) is 1. The number of aromatic nitrogens is 3. The highest BCUT2D eigenvalue weighted by Crippen LogP contribution is 2.27. The summed E-state index contributed by atoms with van der Waals surface area (Å²) >= 11 is 1.35. The van der Waals surface area contributed by atoms with Crippen LogP contribution in [0.15, 0.2) is 53.7 Å². The first-order valence-corrected chi connectivity index (χ1v) is 9.78. The summed E-state index contributed by atoms with van der Waals surface area (Å²) in [6.45, 7) is 5.37. The molecule has 0 aliphatic carbocycles. The van der Waals surface area contributed by atoms with Gasteiger partial charge in [0.25, 0.3) is 0 Å². The van der Waals surface area contributed by atoms with Gasteiger partial charge in [0.05, 0.1) is 5.25 Å². The van der Waals surface area contributed by atoms with Crippen molar-refractivity contribution in [2.45, 2.75) is 31.2 Å². The lowest BCUT2D eigenvalue weighted by Gasteiger charge is -2.12. The Balaban J connectivity index is 1.69. The van der Waals surface area contributed by atoms with Crippen LogP contribution in [0, 0.1) is 6.92 Å². The summed E-state index contributed by atoms with van der Waals surface area (Å²) in [5.41, 5.74) is 3.41. The van der Waals surface area contributed by atoms with Crippen LogP contribution in [0.25, 0.3) is 11.4 Å². The molecule has 0 fully saturated rings. The Morgan fingerprint density at radius 3 is 2.39 bits per heavy atom. The van der Waals surface area contributed by atoms with Gasteiger partial charge in [-0.05, 0) is 50.6 Å². The van der Waals surface area contributed by atoms with Gasteiger partial charge in [-0.15, -0.1) is 10.2 Å². The van der Waals surface area contributed by atoms with E-state index in [1.165, 1.54) is 18.7 Å². The van der Waals surface area contributed by atoms with Crippen molar-refractivity contribution in [1.29, 1.82) is 0 Å². The predicted octanol–water partition coefficient (Wildman–Crippen LogP) is 4.11. The lowest BCUT2D eigenvalue weighted by atomic mass is 10.1. The first kappa shape index (κ1) is 19.8. The Hall–Kier alpha value is -2.93. The molecule has 0 saturated carbocycles. The number of aryl methyl sites for hydroxylation is 1. The van der Waals surface area contributed by atoms with Crippen molar-refractivity contribution in [3.05, 3.63) is 59.7 Å². The summed E-state index contributed by atoms with van der Waals surface area (Å²) in [5, 5.41) is 11.7. The smallest absolute Gasteiger partial charge is 0.237 e. The van der Waals surface area contributed by atoms with Crippen LogP contribution in [-0.4, -0.2) is 31.7 Å². The first-order chi connectivity index (χ1) is 13.4. The molecule has 0 unspecified atom stereocenters. The minimum atomic E-state index is -0.361. The maximum Gasteiger partial charge on any atom is 0.237 e. The molecule has 0 bridgehead atoms. The topological polar surface area (TPSA) is 76.9 Å². The fourth-order valence-electron chi connectivity index (χ4n) is 2.72. The minimum Gasteiger partial charge on any atom is -0.325 e. The van der Waals surface area contributed by atoms with Gasteiger partial charge in [0.2, 0.25) is 5.91 Å². The Morgan fingerprint density at radius 2 is 1.75 bits per heavy atom. The van der Waals surface area contributed by atoms with Gasteiger partial charge in [-0.1, -0.05) is 36.0 Å². The summed E-state index contributed by atoms with van der Waals surface area (Å²) < 4.78 is 1.90. The van der Waals surface area contributed by atoms with Crippen LogP contribution in [-0.2, 0) is 11.8 Å². The zero-order valence-corrected chi connectivity index (χ0v) is 17.1. The molecule has 0 aliphatic heterocycles. The third-order valence-electron chi connectivity index (χ3n) is 4.43. The van der Waals surface area contributed by atoms with Gasteiger partial charge in [-0.25, -0.2) is 0 Å². The zero-order valence-electron chi connectivity index (χ0n) is 16.3. The lowest BCUT2D eigenvalue weighted by Crippen LogP contribution is -2.22. The zero-order chi connectivity index (χ0) is 20.3. The third-order valence-corrected chi connectivity index (χ3v) is 5.57. The summed E-state index contributed by atoms with van der Waals surface area (Å²) in [6.07, 6.45) is 0. The molecule has 0 spiro atoms. The standard InChI is InChI=1S/C21H22N4O2S/c1-13-7-5-6-8-18(13)19-23-24-21(25(19)4)28-15(3)20(27)22-17-11-9-16(10-12-17)14(2)26/h5-12,15H,1-4H3,(H,22,27)/t15-/m1/s1. The van der Waals surface area contributed by atoms with E-state index in [-0.39, 0.29) is 16.9 Å². The molecule has 3 rings (SSSR count). The molecule has 1 atom stereocenters. The van der Waals surface area contributed by atoms with Gasteiger partial charge in [-0.2, -0.15) is 0 Å². The number of hydrogen-bond donors (Lipinski definition) is 1. The fraction of sp³-hybridized carbons (Fsp3) is 0.238. The number of rotatable bonds is 6. The summed E-state index contributed by atoms with van der Waals surface area (Å²) in [5.74, 6) is 0.627. The molecule has 2 aromatic carbocycles. The van der Waals surface area contributed by atoms with Crippen LogP contribution >= 0.6 is 11.8 Å². The number of amides is 1. The van der Waals surface area contributed by atoms with E-state index in [0.717, 1.165) is 17.0 Å². The van der Waals surface area contributed by atoms with E-state index >= 15 is 0 Å². The number of thioether (sulfide) groups is 1. The molecule has 1 aromatic heterocycles. The maximum atomic E-state index is 12.5. The predicted molar refractivity (Wildman–Crippen MR) is 112 cm³/mol. The van der Waals surface area contributed by atoms with Crippen LogP contribution in [0.5, 0.6) is 0 Å². The fourth-order valence-corrected chi connectivity index (χ4v) is 3.53. The van der Waals surface area contributed by atoms with Gasteiger partial charge in [0.1, 0.15) is 0 Å². The number of benzene rings is 2. The molecule has 6 nitrogen and oxygen atoms in total. The lowest BCUT2D eigenvalue weighted by molar-refractivity contribution is -0.115. The Bertz CT molecular complexity index is 1010. The Kier molecular flexibility index (Phi) is 5.94. The monoisotopic (exact) mass is 394 g/mol. The molecule has 1 amide bonds. The number of hydrogen-bond acceptors (Lipinski definition) is 5. The molecule has 0 radical (unpaired) electrons. The number of anilines is 1. The van der Waals surface area contributed by atoms with Crippen molar-refractivity contribution in [3.8, 4) is 11.4 Å². The molecular weight excluding hydrogens is 372 g/mol. The van der Waals surface area contributed by atoms with E-state index in [9.17, 15) is 9.59 Å². The molecule has 0 aliphatic rings. The van der Waals surface area contributed by atoms with Gasteiger partial charge >= 0.3 is 0 Å². The second-order valence-corrected chi connectivity index (χ2v) is 7.87. The first-order valence-electron chi connectivity index (χ1n) is 8.90. The van der Waals surface area contributed by atoms with Crippen molar-refractivity contribution < 1.29 is 9.59 Å². The van der Waals surface area contributed by atoms with Crippen molar-refractivity contribution in [2.24, 2.45) is 7.05 Å². The van der Waals surface area contributed by atoms with Crippen LogP contribution in [0.2, 0.25) is 0 Å². The molecular formula is C21H22N4O2S. The summed E-state index contributed by atoms with van der Waals surface area (Å²) in [7, 11) is 1.90. The van der Waals surface area contributed by atoms with Crippen LogP contribution in [0.3, 0.4) is 0 Å². The number of carbonyl (C=O) groups is 2. The van der Waals surface area contributed by atoms with E-state index < -0.39 is 0 Å². The van der Waals surface area contributed by atoms with Crippen molar-refractivity contribution in [2.75, 3.05) is 5.32 Å². The van der Waals surface area contributed by atoms with E-state index in [0.29, 0.717) is 16.4 Å². The summed E-state index contributed by atoms with van der Waals surface area (Å²) in [6, 6.07) is 14.9. The SMILES string of the molecule is CC(=O)c1ccc(NC(=O)[C@@H](C)Sc2nnc(-c3ccccc3C)n2C)cc1. The van der Waals surface area contributed by atoms with E-state index in [4.69, 9.17) is 0 Å². The highest BCUT2D eigenvalue weighted by molar-refractivity contribution is 8.00. The molecule has 0 saturated heterocycles. The molecule has 7 heteroatoms. The normalized spacial score (nSPS) is 11.9. The van der Waals surface area contributed by atoms with Crippen LogP contribution in [0.1, 0.15) is 29.8 Å². The highest BCUT2D eigenvalue weighted by Gasteiger charge is 2.20. The van der Waals surface area contributed by atoms with Crippen LogP contribution in [0.4, 0.5) is 5.69 Å². The van der Waals surface area contributed by atoms with Crippen molar-refractivity contribution >= 4 is 29.1 Å². The molecule has 1 N–H and O–H groups in total. The van der Waals surface area contributed by atoms with Crippen LogP contribution < -0.4 is 5.32 Å².